The Morgan fingerprint density at radius 1 is 1.03 bits per heavy atom. The molecule has 0 atom stereocenters. The number of halogens is 3. The molecule has 0 aliphatic carbocycles. The summed E-state index contributed by atoms with van der Waals surface area (Å²) in [5.41, 5.74) is -0.706. The summed E-state index contributed by atoms with van der Waals surface area (Å²) < 4.78 is 50.2. The van der Waals surface area contributed by atoms with E-state index in [9.17, 15) is 32.9 Å². The van der Waals surface area contributed by atoms with Gasteiger partial charge < -0.3 is 9.47 Å². The lowest BCUT2D eigenvalue weighted by molar-refractivity contribution is -0.385. The molecule has 1 heterocycles. The molecule has 0 aromatic heterocycles. The van der Waals surface area contributed by atoms with Crippen molar-refractivity contribution in [3.05, 3.63) is 98.4 Å². The van der Waals surface area contributed by atoms with Gasteiger partial charge in [0.2, 0.25) is 5.75 Å². The highest BCUT2D eigenvalue weighted by atomic mass is 32.2. The molecule has 0 saturated carbocycles. The lowest BCUT2D eigenvalue weighted by atomic mass is 10.1. The van der Waals surface area contributed by atoms with Crippen molar-refractivity contribution in [2.24, 2.45) is 0 Å². The second-order valence-corrected chi connectivity index (χ2v) is 9.07. The fourth-order valence-electron chi connectivity index (χ4n) is 3.46. The summed E-state index contributed by atoms with van der Waals surface area (Å²) in [5, 5.41) is 10.9. The minimum Gasteiger partial charge on any atom is -0.492 e. The number of nitrogens with zero attached hydrogens (tertiary/aromatic N) is 2. The number of nitro benzene ring substituents is 1. The van der Waals surface area contributed by atoms with E-state index >= 15 is 0 Å². The second-order valence-electron chi connectivity index (χ2n) is 8.07. The van der Waals surface area contributed by atoms with Crippen LogP contribution in [0.25, 0.3) is 6.08 Å². The molecule has 1 aliphatic heterocycles. The number of carbonyl (C=O) groups excluding carboxylic acids is 2. The molecule has 1 saturated heterocycles. The van der Waals surface area contributed by atoms with Gasteiger partial charge in [-0.3, -0.25) is 24.6 Å². The van der Waals surface area contributed by atoms with E-state index in [2.05, 4.69) is 0 Å². The lowest BCUT2D eigenvalue weighted by Crippen LogP contribution is -2.32. The third-order valence-corrected chi connectivity index (χ3v) is 6.29. The normalized spacial score (nSPS) is 14.7. The summed E-state index contributed by atoms with van der Waals surface area (Å²) in [6.45, 7) is 2.04. The number of alkyl halides is 3. The molecule has 0 N–H and O–H groups in total. The molecule has 4 rings (SSSR count). The quantitative estimate of drug-likeness (QED) is 0.174. The summed E-state index contributed by atoms with van der Waals surface area (Å²) in [6, 6.07) is 15.4. The highest BCUT2D eigenvalue weighted by Crippen LogP contribution is 2.40. The first-order valence-corrected chi connectivity index (χ1v) is 11.9. The van der Waals surface area contributed by atoms with E-state index < -0.39 is 39.2 Å². The zero-order valence-corrected chi connectivity index (χ0v) is 20.5. The van der Waals surface area contributed by atoms with Crippen molar-refractivity contribution in [1.82, 2.24) is 4.90 Å². The van der Waals surface area contributed by atoms with E-state index in [1.807, 2.05) is 19.1 Å². The van der Waals surface area contributed by atoms with Gasteiger partial charge >= 0.3 is 11.9 Å². The van der Waals surface area contributed by atoms with E-state index in [4.69, 9.17) is 9.47 Å². The molecular formula is C26H19F3N2O6S. The van der Waals surface area contributed by atoms with Crippen LogP contribution in [-0.2, 0) is 11.0 Å². The van der Waals surface area contributed by atoms with Gasteiger partial charge in [-0.05, 0) is 55.1 Å². The zero-order chi connectivity index (χ0) is 27.4. The number of para-hydroxylation sites is 1. The van der Waals surface area contributed by atoms with Crippen LogP contribution in [0.5, 0.6) is 17.2 Å². The highest BCUT2D eigenvalue weighted by Gasteiger charge is 2.35. The molecule has 38 heavy (non-hydrogen) atoms. The summed E-state index contributed by atoms with van der Waals surface area (Å²) >= 11 is 0.707. The van der Waals surface area contributed by atoms with Crippen LogP contribution in [0, 0.1) is 17.0 Å². The smallest absolute Gasteiger partial charge is 0.416 e. The average Bonchev–Trinajstić information content (AvgIpc) is 3.13. The van der Waals surface area contributed by atoms with E-state index in [1.54, 1.807) is 30.3 Å². The number of carbonyl (C=O) groups is 2. The monoisotopic (exact) mass is 544 g/mol. The van der Waals surface area contributed by atoms with Crippen LogP contribution in [0.15, 0.2) is 71.6 Å². The molecule has 12 heteroatoms. The summed E-state index contributed by atoms with van der Waals surface area (Å²) in [5.74, 6) is -0.320. The van der Waals surface area contributed by atoms with Gasteiger partial charge in [-0.2, -0.15) is 13.2 Å². The Hall–Kier alpha value is -4.32. The number of thioether (sulfide) groups is 1. The van der Waals surface area contributed by atoms with Crippen molar-refractivity contribution in [1.29, 1.82) is 0 Å². The number of benzene rings is 3. The van der Waals surface area contributed by atoms with E-state index in [0.29, 0.717) is 35.2 Å². The van der Waals surface area contributed by atoms with Crippen LogP contribution in [0.2, 0.25) is 0 Å². The van der Waals surface area contributed by atoms with Crippen molar-refractivity contribution >= 4 is 34.7 Å². The molecule has 0 unspecified atom stereocenters. The number of hydrogen-bond donors (Lipinski definition) is 0. The number of amides is 2. The molecule has 0 bridgehead atoms. The first-order chi connectivity index (χ1) is 18.0. The van der Waals surface area contributed by atoms with Crippen LogP contribution < -0.4 is 9.47 Å². The fourth-order valence-corrected chi connectivity index (χ4v) is 4.31. The third-order valence-electron chi connectivity index (χ3n) is 5.39. The van der Waals surface area contributed by atoms with Crippen LogP contribution in [-0.4, -0.2) is 34.1 Å². The molecular weight excluding hydrogens is 525 g/mol. The van der Waals surface area contributed by atoms with E-state index in [0.717, 1.165) is 16.5 Å². The summed E-state index contributed by atoms with van der Waals surface area (Å²) in [7, 11) is 0. The minimum absolute atomic E-state index is 0.0196. The summed E-state index contributed by atoms with van der Waals surface area (Å²) in [6.07, 6.45) is -3.38. The number of hydrogen-bond acceptors (Lipinski definition) is 7. The van der Waals surface area contributed by atoms with Crippen molar-refractivity contribution in [3.8, 4) is 17.2 Å². The van der Waals surface area contributed by atoms with Gasteiger partial charge in [-0.25, -0.2) is 0 Å². The van der Waals surface area contributed by atoms with Gasteiger partial charge in [0, 0.05) is 11.6 Å². The van der Waals surface area contributed by atoms with Gasteiger partial charge in [0.1, 0.15) is 18.1 Å². The van der Waals surface area contributed by atoms with Gasteiger partial charge in [0.25, 0.3) is 11.1 Å². The SMILES string of the molecule is Cc1ccc(OCCN2C(=O)S/C(=C\c3ccccc3Oc3ccc(C(F)(F)F)cc3[N+](=O)[O-])C2=O)cc1. The molecule has 0 radical (unpaired) electrons. The Labute approximate surface area is 218 Å². The number of imide groups is 1. The minimum atomic E-state index is -4.77. The Bertz CT molecular complexity index is 1420. The van der Waals surface area contributed by atoms with E-state index in [-0.39, 0.29) is 23.8 Å². The molecule has 196 valence electrons. The Morgan fingerprint density at radius 3 is 2.42 bits per heavy atom. The molecule has 0 spiro atoms. The van der Waals surface area contributed by atoms with Crippen molar-refractivity contribution in [3.63, 3.8) is 0 Å². The van der Waals surface area contributed by atoms with Crippen molar-refractivity contribution in [2.75, 3.05) is 13.2 Å². The number of ether oxygens (including phenoxy) is 2. The standard InChI is InChI=1S/C26H19F3N2O6S/c1-16-6-9-19(10-7-16)36-13-12-30-24(32)23(38-25(30)33)14-17-4-2-3-5-21(17)37-22-11-8-18(26(27,28)29)15-20(22)31(34)35/h2-11,14-15H,12-13H2,1H3/b23-14-. The average molecular weight is 545 g/mol. The molecule has 3 aromatic rings. The second kappa shape index (κ2) is 11.0. The molecule has 3 aromatic carbocycles. The van der Waals surface area contributed by atoms with Gasteiger partial charge in [0.15, 0.2) is 0 Å². The van der Waals surface area contributed by atoms with Gasteiger partial charge in [-0.15, -0.1) is 0 Å². The van der Waals surface area contributed by atoms with E-state index in [1.165, 1.54) is 12.1 Å². The molecule has 1 aliphatic rings. The third kappa shape index (κ3) is 6.14. The van der Waals surface area contributed by atoms with Crippen molar-refractivity contribution < 1.29 is 37.2 Å². The maximum absolute atomic E-state index is 13.0. The van der Waals surface area contributed by atoms with Crippen LogP contribution in [0.3, 0.4) is 0 Å². The first kappa shape index (κ1) is 26.7. The predicted molar refractivity (Wildman–Crippen MR) is 134 cm³/mol. The molecule has 8 nitrogen and oxygen atoms in total. The van der Waals surface area contributed by atoms with Crippen LogP contribution in [0.4, 0.5) is 23.7 Å². The summed E-state index contributed by atoms with van der Waals surface area (Å²) in [4.78, 5) is 36.9. The van der Waals surface area contributed by atoms with Crippen LogP contribution in [0.1, 0.15) is 16.7 Å². The number of aryl methyl sites for hydroxylation is 1. The first-order valence-electron chi connectivity index (χ1n) is 11.1. The van der Waals surface area contributed by atoms with Gasteiger partial charge in [0.05, 0.1) is 21.9 Å². The topological polar surface area (TPSA) is 99.0 Å². The largest absolute Gasteiger partial charge is 0.492 e. The fraction of sp³-hybridized carbons (Fsp3) is 0.154. The highest BCUT2D eigenvalue weighted by molar-refractivity contribution is 8.18. The Kier molecular flexibility index (Phi) is 7.72. The lowest BCUT2D eigenvalue weighted by Gasteiger charge is -2.13. The molecule has 2 amide bonds. The van der Waals surface area contributed by atoms with Crippen LogP contribution >= 0.6 is 11.8 Å². The molecule has 1 fully saturated rings. The Balaban J connectivity index is 1.52. The van der Waals surface area contributed by atoms with Gasteiger partial charge in [-0.1, -0.05) is 35.9 Å². The predicted octanol–water partition coefficient (Wildman–Crippen LogP) is 6.83. The maximum atomic E-state index is 13.0. The van der Waals surface area contributed by atoms with Crippen molar-refractivity contribution in [2.45, 2.75) is 13.1 Å². The Morgan fingerprint density at radius 2 is 1.74 bits per heavy atom. The number of rotatable bonds is 8. The number of nitro groups is 1. The zero-order valence-electron chi connectivity index (χ0n) is 19.7. The maximum Gasteiger partial charge on any atom is 0.416 e.